The molecule has 1 aliphatic carbocycles. The van der Waals surface area contributed by atoms with Crippen LogP contribution in [0.3, 0.4) is 0 Å². The monoisotopic (exact) mass is 716 g/mol. The molecule has 27 heteroatoms. The highest BCUT2D eigenvalue weighted by Crippen LogP contribution is 2.75. The molecule has 0 unspecified atom stereocenters. The first-order valence-electron chi connectivity index (χ1n) is 9.69. The van der Waals surface area contributed by atoms with Gasteiger partial charge in [-0.25, -0.2) is 9.18 Å². The van der Waals surface area contributed by atoms with Crippen LogP contribution in [0.1, 0.15) is 6.92 Å². The minimum Gasteiger partial charge on any atom is -0.393 e. The van der Waals surface area contributed by atoms with Crippen LogP contribution in [0, 0.1) is 0 Å². The van der Waals surface area contributed by atoms with Crippen LogP contribution in [0.2, 0.25) is 0 Å². The van der Waals surface area contributed by atoms with Gasteiger partial charge in [0.1, 0.15) is 0 Å². The number of carbonyl (C=O) groups excluding carboxylic acids is 1. The van der Waals surface area contributed by atoms with Crippen LogP contribution < -0.4 is 0 Å². The van der Waals surface area contributed by atoms with Crippen molar-refractivity contribution in [2.24, 2.45) is 0 Å². The third-order valence-corrected chi connectivity index (χ3v) is 5.78. The number of rotatable bonds is 8. The van der Waals surface area contributed by atoms with Crippen molar-refractivity contribution in [1.29, 1.82) is 0 Å². The van der Waals surface area contributed by atoms with Crippen molar-refractivity contribution in [3.63, 3.8) is 0 Å². The standard InChI is InChI=1S/C17H5F25O2/c1-3(2)4(43)44-17(41,42)16(39,40)15(37,38)14(35,36)11(29,30)8(23,24)5(18)6(19,20)9(25,26)12(31,32)13(33,34)10(27,28)7(5,21)22/h1H2,2H3. The van der Waals surface area contributed by atoms with Gasteiger partial charge < -0.3 is 4.74 Å². The number of esters is 1. The number of ether oxygens (including phenoxy) is 1. The number of hydrogen-bond donors (Lipinski definition) is 0. The highest BCUT2D eigenvalue weighted by atomic mass is 19.4. The minimum absolute atomic E-state index is 0.185. The summed E-state index contributed by atoms with van der Waals surface area (Å²) in [5.74, 6) is -106. The molecular weight excluding hydrogens is 711 g/mol. The molecule has 1 saturated carbocycles. The van der Waals surface area contributed by atoms with Crippen LogP contribution >= 0.6 is 0 Å². The second kappa shape index (κ2) is 9.27. The van der Waals surface area contributed by atoms with Crippen molar-refractivity contribution in [3.8, 4) is 0 Å². The van der Waals surface area contributed by atoms with E-state index in [0.717, 1.165) is 0 Å². The van der Waals surface area contributed by atoms with E-state index in [0.29, 0.717) is 0 Å². The molecule has 0 saturated heterocycles. The Morgan fingerprint density at radius 1 is 0.477 bits per heavy atom. The van der Waals surface area contributed by atoms with Gasteiger partial charge in [-0.05, 0) is 6.92 Å². The average molecular weight is 716 g/mol. The topological polar surface area (TPSA) is 26.3 Å². The number of alkyl halides is 25. The number of halogens is 25. The van der Waals surface area contributed by atoms with Gasteiger partial charge in [0.05, 0.1) is 0 Å². The summed E-state index contributed by atoms with van der Waals surface area (Å²) in [6, 6.07) is 0. The molecule has 0 bridgehead atoms. The Bertz CT molecular complexity index is 1140. The van der Waals surface area contributed by atoms with Crippen LogP contribution in [0.25, 0.3) is 0 Å². The zero-order valence-corrected chi connectivity index (χ0v) is 19.5. The van der Waals surface area contributed by atoms with Gasteiger partial charge in [0.25, 0.3) is 0 Å². The van der Waals surface area contributed by atoms with E-state index in [1.165, 1.54) is 0 Å². The molecule has 0 aromatic carbocycles. The summed E-state index contributed by atoms with van der Waals surface area (Å²) < 4.78 is 347. The first-order chi connectivity index (χ1) is 18.6. The fourth-order valence-electron chi connectivity index (χ4n) is 3.07. The molecule has 0 aliphatic heterocycles. The summed E-state index contributed by atoms with van der Waals surface area (Å²) in [6.45, 7) is 2.51. The van der Waals surface area contributed by atoms with Gasteiger partial charge >= 0.3 is 82.9 Å². The van der Waals surface area contributed by atoms with Gasteiger partial charge in [-0.3, -0.25) is 0 Å². The van der Waals surface area contributed by atoms with E-state index < -0.39 is 88.5 Å². The molecule has 2 nitrogen and oxygen atoms in total. The highest BCUT2D eigenvalue weighted by molar-refractivity contribution is 5.87. The smallest absolute Gasteiger partial charge is 0.393 e. The fraction of sp³-hybridized carbons (Fsp3) is 0.824. The van der Waals surface area contributed by atoms with Gasteiger partial charge in [0.2, 0.25) is 0 Å². The average Bonchev–Trinajstić information content (AvgIpc) is 2.81. The van der Waals surface area contributed by atoms with Crippen molar-refractivity contribution < 1.29 is 119 Å². The molecule has 44 heavy (non-hydrogen) atoms. The molecule has 0 N–H and O–H groups in total. The molecule has 0 radical (unpaired) electrons. The van der Waals surface area contributed by atoms with Gasteiger partial charge in [0.15, 0.2) is 0 Å². The maximum atomic E-state index is 14.7. The summed E-state index contributed by atoms with van der Waals surface area (Å²) in [6.07, 6.45) is -7.69. The molecule has 0 spiro atoms. The van der Waals surface area contributed by atoms with Crippen molar-refractivity contribution in [2.75, 3.05) is 0 Å². The number of carbonyl (C=O) groups is 1. The third kappa shape index (κ3) is 3.83. The lowest BCUT2D eigenvalue weighted by Crippen LogP contribution is -2.82. The largest absolute Gasteiger partial charge is 0.473 e. The molecule has 0 heterocycles. The maximum absolute atomic E-state index is 14.7. The predicted molar refractivity (Wildman–Crippen MR) is 84.1 cm³/mol. The summed E-state index contributed by atoms with van der Waals surface area (Å²) >= 11 is 0. The molecule has 1 fully saturated rings. The van der Waals surface area contributed by atoms with Crippen molar-refractivity contribution in [3.05, 3.63) is 12.2 Å². The molecule has 0 atom stereocenters. The van der Waals surface area contributed by atoms with E-state index in [1.807, 2.05) is 0 Å². The molecule has 260 valence electrons. The van der Waals surface area contributed by atoms with Crippen LogP contribution in [-0.2, 0) is 9.53 Å². The van der Waals surface area contributed by atoms with E-state index in [9.17, 15) is 115 Å². The molecule has 0 amide bonds. The lowest BCUT2D eigenvalue weighted by atomic mass is 9.75. The SMILES string of the molecule is C=C(C)C(=O)OC(F)(F)C(F)(F)C(F)(F)C(F)(F)C(F)(F)C(F)(F)C1(F)C(F)(F)C(F)(F)C(F)(F)C(F)(F)C(F)(F)C1(F)F. The van der Waals surface area contributed by atoms with Crippen molar-refractivity contribution in [1.82, 2.24) is 0 Å². The number of hydrogen-bond acceptors (Lipinski definition) is 2. The van der Waals surface area contributed by atoms with Crippen molar-refractivity contribution in [2.45, 2.75) is 83.8 Å². The molecule has 1 rings (SSSR count). The zero-order chi connectivity index (χ0) is 36.4. The molecule has 1 aliphatic rings. The lowest BCUT2D eigenvalue weighted by molar-refractivity contribution is -0.480. The zero-order valence-electron chi connectivity index (χ0n) is 19.5. The summed E-state index contributed by atoms with van der Waals surface area (Å²) in [5, 5.41) is 0. The van der Waals surface area contributed by atoms with Crippen molar-refractivity contribution >= 4 is 5.97 Å². The Hall–Kier alpha value is -2.54. The van der Waals surface area contributed by atoms with E-state index >= 15 is 0 Å². The Morgan fingerprint density at radius 3 is 1.00 bits per heavy atom. The lowest BCUT2D eigenvalue weighted by Gasteiger charge is -2.48. The van der Waals surface area contributed by atoms with E-state index in [1.54, 1.807) is 0 Å². The van der Waals surface area contributed by atoms with Crippen LogP contribution in [0.4, 0.5) is 110 Å². The highest BCUT2D eigenvalue weighted by Gasteiger charge is 3.08. The van der Waals surface area contributed by atoms with Gasteiger partial charge in [-0.2, -0.15) is 105 Å². The summed E-state index contributed by atoms with van der Waals surface area (Å²) in [4.78, 5) is 10.9. The first-order valence-corrected chi connectivity index (χ1v) is 9.69. The van der Waals surface area contributed by atoms with Crippen LogP contribution in [0.15, 0.2) is 12.2 Å². The van der Waals surface area contributed by atoms with Gasteiger partial charge in [0, 0.05) is 5.57 Å². The Morgan fingerprint density at radius 2 is 0.727 bits per heavy atom. The normalized spacial score (nSPS) is 24.7. The second-order valence-electron chi connectivity index (χ2n) is 8.66. The fourth-order valence-corrected chi connectivity index (χ4v) is 3.07. The molecule has 0 aromatic heterocycles. The van der Waals surface area contributed by atoms with E-state index in [4.69, 9.17) is 0 Å². The maximum Gasteiger partial charge on any atom is 0.473 e. The minimum atomic E-state index is -10.1. The summed E-state index contributed by atoms with van der Waals surface area (Å²) in [7, 11) is 0. The quantitative estimate of drug-likeness (QED) is 0.109. The van der Waals surface area contributed by atoms with Crippen LogP contribution in [0.5, 0.6) is 0 Å². The molecule has 0 aromatic rings. The Balaban J connectivity index is 4.28. The van der Waals surface area contributed by atoms with E-state index in [-0.39, 0.29) is 6.92 Å². The predicted octanol–water partition coefficient (Wildman–Crippen LogP) is 8.41. The Kier molecular flexibility index (Phi) is 8.31. The second-order valence-corrected chi connectivity index (χ2v) is 8.66. The Labute approximate surface area is 222 Å². The van der Waals surface area contributed by atoms with Gasteiger partial charge in [-0.15, -0.1) is 0 Å². The molecular formula is C17H5F25O2. The third-order valence-electron chi connectivity index (χ3n) is 5.78. The summed E-state index contributed by atoms with van der Waals surface area (Å²) in [5.41, 5.74) is -11.6. The first kappa shape index (κ1) is 39.5. The van der Waals surface area contributed by atoms with E-state index in [2.05, 4.69) is 11.3 Å². The van der Waals surface area contributed by atoms with Crippen LogP contribution in [-0.4, -0.2) is 82.9 Å². The van der Waals surface area contributed by atoms with Gasteiger partial charge in [-0.1, -0.05) is 6.58 Å².